The molecule has 2 fully saturated rings. The fourth-order valence-electron chi connectivity index (χ4n) is 2.81. The molecule has 0 aromatic rings. The molecule has 0 amide bonds. The van der Waals surface area contributed by atoms with Crippen LogP contribution in [0.25, 0.3) is 0 Å². The number of aliphatic imine (C=N–C) groups is 1. The highest BCUT2D eigenvalue weighted by Crippen LogP contribution is 2.44. The Labute approximate surface area is 124 Å². The molecule has 1 atom stereocenters. The van der Waals surface area contributed by atoms with E-state index in [1.165, 1.54) is 25.7 Å². The van der Waals surface area contributed by atoms with Gasteiger partial charge in [-0.15, -0.1) is 0 Å². The number of nitrogens with zero attached hydrogens (tertiary/aromatic N) is 2. The van der Waals surface area contributed by atoms with Crippen molar-refractivity contribution >= 4 is 5.96 Å². The van der Waals surface area contributed by atoms with Gasteiger partial charge in [0, 0.05) is 39.4 Å². The van der Waals surface area contributed by atoms with E-state index in [1.807, 2.05) is 0 Å². The maximum Gasteiger partial charge on any atom is 0.193 e. The molecule has 0 bridgehead atoms. The Kier molecular flexibility index (Phi) is 5.30. The topological polar surface area (TPSA) is 36.9 Å². The molecule has 2 rings (SSSR count). The Bertz CT molecular complexity index is 335. The predicted molar refractivity (Wildman–Crippen MR) is 84.1 cm³/mol. The third kappa shape index (κ3) is 4.37. The monoisotopic (exact) mass is 281 g/mol. The molecular weight excluding hydrogens is 250 g/mol. The smallest absolute Gasteiger partial charge is 0.193 e. The molecule has 1 N–H and O–H groups in total. The van der Waals surface area contributed by atoms with Gasteiger partial charge < -0.3 is 15.0 Å². The van der Waals surface area contributed by atoms with Crippen molar-refractivity contribution in [3.8, 4) is 0 Å². The van der Waals surface area contributed by atoms with Crippen molar-refractivity contribution in [2.45, 2.75) is 52.5 Å². The first-order chi connectivity index (χ1) is 9.53. The first kappa shape index (κ1) is 15.6. The third-order valence-corrected chi connectivity index (χ3v) is 4.70. The van der Waals surface area contributed by atoms with E-state index in [4.69, 9.17) is 4.74 Å². The molecule has 0 spiro atoms. The molecule has 1 aliphatic heterocycles. The molecule has 1 saturated carbocycles. The standard InChI is InChI=1S/C16H31N3O/c1-5-17-15(18-14-12-16(14,2)3)19(4)9-6-13-7-10-20-11-8-13/h13-14H,5-12H2,1-4H3,(H,17,18). The van der Waals surface area contributed by atoms with Gasteiger partial charge in [-0.2, -0.15) is 0 Å². The highest BCUT2D eigenvalue weighted by Gasteiger charge is 2.46. The molecule has 1 unspecified atom stereocenters. The molecule has 4 nitrogen and oxygen atoms in total. The zero-order valence-corrected chi connectivity index (χ0v) is 13.6. The van der Waals surface area contributed by atoms with E-state index in [-0.39, 0.29) is 0 Å². The van der Waals surface area contributed by atoms with Crippen LogP contribution in [0.3, 0.4) is 0 Å². The van der Waals surface area contributed by atoms with E-state index < -0.39 is 0 Å². The van der Waals surface area contributed by atoms with E-state index in [1.54, 1.807) is 0 Å². The highest BCUT2D eigenvalue weighted by atomic mass is 16.5. The maximum absolute atomic E-state index is 5.43. The Hall–Kier alpha value is -0.770. The van der Waals surface area contributed by atoms with Crippen LogP contribution in [0.2, 0.25) is 0 Å². The van der Waals surface area contributed by atoms with Crippen LogP contribution in [-0.4, -0.2) is 50.3 Å². The molecule has 116 valence electrons. The minimum Gasteiger partial charge on any atom is -0.381 e. The lowest BCUT2D eigenvalue weighted by molar-refractivity contribution is 0.0625. The number of guanidine groups is 1. The summed E-state index contributed by atoms with van der Waals surface area (Å²) < 4.78 is 5.43. The van der Waals surface area contributed by atoms with Gasteiger partial charge in [0.25, 0.3) is 0 Å². The minimum absolute atomic E-state index is 0.441. The van der Waals surface area contributed by atoms with Gasteiger partial charge >= 0.3 is 0 Å². The van der Waals surface area contributed by atoms with Crippen molar-refractivity contribution in [2.75, 3.05) is 33.4 Å². The zero-order valence-electron chi connectivity index (χ0n) is 13.6. The molecule has 2 aliphatic rings. The zero-order chi connectivity index (χ0) is 14.6. The van der Waals surface area contributed by atoms with Crippen LogP contribution in [-0.2, 0) is 4.74 Å². The van der Waals surface area contributed by atoms with Crippen LogP contribution in [0.15, 0.2) is 4.99 Å². The normalized spacial score (nSPS) is 26.4. The summed E-state index contributed by atoms with van der Waals surface area (Å²) in [5.41, 5.74) is 0.441. The summed E-state index contributed by atoms with van der Waals surface area (Å²) in [6, 6.07) is 0.596. The second-order valence-corrected chi connectivity index (χ2v) is 6.95. The first-order valence-corrected chi connectivity index (χ1v) is 8.13. The summed E-state index contributed by atoms with van der Waals surface area (Å²) in [7, 11) is 2.16. The second kappa shape index (κ2) is 6.79. The number of rotatable bonds is 5. The maximum atomic E-state index is 5.43. The van der Waals surface area contributed by atoms with Crippen molar-refractivity contribution in [1.29, 1.82) is 0 Å². The molecule has 20 heavy (non-hydrogen) atoms. The third-order valence-electron chi connectivity index (χ3n) is 4.70. The van der Waals surface area contributed by atoms with E-state index in [0.29, 0.717) is 11.5 Å². The number of hydrogen-bond donors (Lipinski definition) is 1. The van der Waals surface area contributed by atoms with Gasteiger partial charge in [-0.1, -0.05) is 13.8 Å². The molecule has 1 heterocycles. The van der Waals surface area contributed by atoms with Gasteiger partial charge in [-0.05, 0) is 43.9 Å². The molecule has 0 aromatic heterocycles. The van der Waals surface area contributed by atoms with Crippen molar-refractivity contribution < 1.29 is 4.74 Å². The summed E-state index contributed by atoms with van der Waals surface area (Å²) >= 11 is 0. The largest absolute Gasteiger partial charge is 0.381 e. The first-order valence-electron chi connectivity index (χ1n) is 8.13. The van der Waals surface area contributed by atoms with Gasteiger partial charge in [0.15, 0.2) is 5.96 Å². The lowest BCUT2D eigenvalue weighted by Crippen LogP contribution is -2.42. The van der Waals surface area contributed by atoms with Crippen LogP contribution in [0.1, 0.15) is 46.5 Å². The number of hydrogen-bond acceptors (Lipinski definition) is 2. The summed E-state index contributed by atoms with van der Waals surface area (Å²) in [5.74, 6) is 1.90. The average Bonchev–Trinajstić information content (AvgIpc) is 3.04. The van der Waals surface area contributed by atoms with Gasteiger partial charge in [-0.3, -0.25) is 4.99 Å². The molecule has 0 radical (unpaired) electrons. The van der Waals surface area contributed by atoms with E-state index in [0.717, 1.165) is 38.2 Å². The van der Waals surface area contributed by atoms with Crippen LogP contribution >= 0.6 is 0 Å². The lowest BCUT2D eigenvalue weighted by Gasteiger charge is -2.27. The van der Waals surface area contributed by atoms with Crippen LogP contribution in [0, 0.1) is 11.3 Å². The van der Waals surface area contributed by atoms with Crippen molar-refractivity contribution in [3.05, 3.63) is 0 Å². The van der Waals surface area contributed by atoms with E-state index in [9.17, 15) is 0 Å². The summed E-state index contributed by atoms with van der Waals surface area (Å²) in [5, 5.41) is 3.62. The highest BCUT2D eigenvalue weighted by molar-refractivity contribution is 5.80. The van der Waals surface area contributed by atoms with Gasteiger partial charge in [0.2, 0.25) is 0 Å². The molecule has 1 saturated heterocycles. The molecule has 4 heteroatoms. The van der Waals surface area contributed by atoms with Gasteiger partial charge in [-0.25, -0.2) is 0 Å². The fourth-order valence-corrected chi connectivity index (χ4v) is 2.81. The van der Waals surface area contributed by atoms with Gasteiger partial charge in [0.05, 0.1) is 0 Å². The van der Waals surface area contributed by atoms with Crippen molar-refractivity contribution in [3.63, 3.8) is 0 Å². The summed E-state index contributed by atoms with van der Waals surface area (Å²) in [6.45, 7) is 10.6. The predicted octanol–water partition coefficient (Wildman–Crippen LogP) is 2.50. The Morgan fingerprint density at radius 2 is 2.00 bits per heavy atom. The Balaban J connectivity index is 1.77. The Morgan fingerprint density at radius 1 is 1.35 bits per heavy atom. The van der Waals surface area contributed by atoms with Crippen molar-refractivity contribution in [2.24, 2.45) is 16.3 Å². The van der Waals surface area contributed by atoms with Crippen LogP contribution in [0.4, 0.5) is 0 Å². The van der Waals surface area contributed by atoms with Gasteiger partial charge in [0.1, 0.15) is 0 Å². The molecular formula is C16H31N3O. The Morgan fingerprint density at radius 3 is 2.55 bits per heavy atom. The molecule has 1 aliphatic carbocycles. The van der Waals surface area contributed by atoms with Crippen LogP contribution < -0.4 is 5.32 Å². The fraction of sp³-hybridized carbons (Fsp3) is 0.938. The van der Waals surface area contributed by atoms with E-state index >= 15 is 0 Å². The summed E-state index contributed by atoms with van der Waals surface area (Å²) in [6.07, 6.45) is 4.94. The number of ether oxygens (including phenoxy) is 1. The summed E-state index contributed by atoms with van der Waals surface area (Å²) in [4.78, 5) is 6.94. The van der Waals surface area contributed by atoms with Crippen molar-refractivity contribution in [1.82, 2.24) is 10.2 Å². The molecule has 0 aromatic carbocycles. The average molecular weight is 281 g/mol. The SMILES string of the molecule is CCN=C(NC1CC1(C)C)N(C)CCC1CCOCC1. The quantitative estimate of drug-likeness (QED) is 0.621. The minimum atomic E-state index is 0.441. The lowest BCUT2D eigenvalue weighted by atomic mass is 9.96. The van der Waals surface area contributed by atoms with Crippen LogP contribution in [0.5, 0.6) is 0 Å². The number of nitrogens with one attached hydrogen (secondary N) is 1. The van der Waals surface area contributed by atoms with E-state index in [2.05, 4.69) is 43.0 Å². The second-order valence-electron chi connectivity index (χ2n) is 6.95.